The summed E-state index contributed by atoms with van der Waals surface area (Å²) in [6.45, 7) is 1.69. The lowest BCUT2D eigenvalue weighted by atomic mass is 10.4. The van der Waals surface area contributed by atoms with Crippen LogP contribution in [0.2, 0.25) is 0 Å². The molecule has 0 atom stereocenters. The second kappa shape index (κ2) is 5.72. The predicted octanol–water partition coefficient (Wildman–Crippen LogP) is 1.48. The summed E-state index contributed by atoms with van der Waals surface area (Å²) >= 11 is 0. The van der Waals surface area contributed by atoms with E-state index in [1.807, 2.05) is 0 Å². The van der Waals surface area contributed by atoms with E-state index < -0.39 is 0 Å². The Bertz CT molecular complexity index is 367. The van der Waals surface area contributed by atoms with Gasteiger partial charge in [0.1, 0.15) is 6.61 Å². The molecule has 0 radical (unpaired) electrons. The van der Waals surface area contributed by atoms with Crippen LogP contribution in [0.15, 0.2) is 12.1 Å². The number of nitrogens with zero attached hydrogens (tertiary/aromatic N) is 1. The smallest absolute Gasteiger partial charge is 0.240 e. The maximum Gasteiger partial charge on any atom is 0.240 e. The normalized spacial score (nSPS) is 14.6. The molecular formula is C12H18N2O3. The molecule has 1 fully saturated rings. The molecule has 2 rings (SSSR count). The average Bonchev–Trinajstić information content (AvgIpc) is 3.14. The van der Waals surface area contributed by atoms with Gasteiger partial charge in [0.2, 0.25) is 11.8 Å². The third-order valence-corrected chi connectivity index (χ3v) is 2.55. The van der Waals surface area contributed by atoms with Crippen LogP contribution in [-0.2, 0) is 4.74 Å². The summed E-state index contributed by atoms with van der Waals surface area (Å²) in [4.78, 5) is 4.22. The zero-order chi connectivity index (χ0) is 12.1. The van der Waals surface area contributed by atoms with Gasteiger partial charge in [0.25, 0.3) is 0 Å². The average molecular weight is 238 g/mol. The number of hydrogen-bond acceptors (Lipinski definition) is 5. The molecule has 17 heavy (non-hydrogen) atoms. The van der Waals surface area contributed by atoms with Gasteiger partial charge in [0.15, 0.2) is 0 Å². The van der Waals surface area contributed by atoms with Crippen LogP contribution in [-0.4, -0.2) is 31.9 Å². The number of hydrogen-bond donors (Lipinski definition) is 1. The topological polar surface area (TPSA) is 66.6 Å². The van der Waals surface area contributed by atoms with Crippen LogP contribution in [0.25, 0.3) is 0 Å². The summed E-state index contributed by atoms with van der Waals surface area (Å²) in [6, 6.07) is 3.48. The van der Waals surface area contributed by atoms with E-state index in [2.05, 4.69) is 4.98 Å². The highest BCUT2D eigenvalue weighted by Crippen LogP contribution is 2.30. The Balaban J connectivity index is 1.90. The van der Waals surface area contributed by atoms with Gasteiger partial charge in [-0.1, -0.05) is 0 Å². The fraction of sp³-hybridized carbons (Fsp3) is 0.583. The Kier molecular flexibility index (Phi) is 4.03. The van der Waals surface area contributed by atoms with Crippen LogP contribution in [0.3, 0.4) is 0 Å². The lowest BCUT2D eigenvalue weighted by molar-refractivity contribution is 0.143. The molecule has 1 aliphatic carbocycles. The number of nitrogens with two attached hydrogens (primary N) is 1. The summed E-state index contributed by atoms with van der Waals surface area (Å²) in [6.07, 6.45) is 2.48. The van der Waals surface area contributed by atoms with Crippen molar-refractivity contribution >= 4 is 5.69 Å². The van der Waals surface area contributed by atoms with Crippen molar-refractivity contribution in [2.75, 3.05) is 32.7 Å². The predicted molar refractivity (Wildman–Crippen MR) is 64.2 cm³/mol. The van der Waals surface area contributed by atoms with Gasteiger partial charge in [-0.2, -0.15) is 4.98 Å². The van der Waals surface area contributed by atoms with Gasteiger partial charge in [-0.25, -0.2) is 0 Å². The summed E-state index contributed by atoms with van der Waals surface area (Å²) in [5.74, 6) is 1.66. The molecule has 94 valence electrons. The van der Waals surface area contributed by atoms with Crippen LogP contribution in [0, 0.1) is 5.92 Å². The van der Waals surface area contributed by atoms with Gasteiger partial charge in [0, 0.05) is 13.2 Å². The first-order valence-corrected chi connectivity index (χ1v) is 5.80. The largest absolute Gasteiger partial charge is 0.476 e. The number of rotatable bonds is 7. The standard InChI is InChI=1S/C12H18N2O3/c1-15-6-7-16-11-5-4-10(13)12(14-11)17-8-9-2-3-9/h4-5,9H,2-3,6-8,13H2,1H3. The highest BCUT2D eigenvalue weighted by atomic mass is 16.5. The van der Waals surface area contributed by atoms with Gasteiger partial charge in [0.05, 0.1) is 18.9 Å². The van der Waals surface area contributed by atoms with Gasteiger partial charge in [-0.3, -0.25) is 0 Å². The fourth-order valence-electron chi connectivity index (χ4n) is 1.34. The fourth-order valence-corrected chi connectivity index (χ4v) is 1.34. The maximum atomic E-state index is 5.78. The quantitative estimate of drug-likeness (QED) is 0.729. The number of anilines is 1. The summed E-state index contributed by atoms with van der Waals surface area (Å²) < 4.78 is 15.8. The molecule has 0 saturated heterocycles. The Hall–Kier alpha value is -1.49. The van der Waals surface area contributed by atoms with Crippen molar-refractivity contribution < 1.29 is 14.2 Å². The molecule has 2 N–H and O–H groups in total. The Morgan fingerprint density at radius 3 is 2.82 bits per heavy atom. The van der Waals surface area contributed by atoms with Crippen LogP contribution in [0.5, 0.6) is 11.8 Å². The molecule has 0 aliphatic heterocycles. The zero-order valence-corrected chi connectivity index (χ0v) is 10.0. The molecule has 5 nitrogen and oxygen atoms in total. The zero-order valence-electron chi connectivity index (χ0n) is 10.0. The van der Waals surface area contributed by atoms with E-state index in [-0.39, 0.29) is 0 Å². The van der Waals surface area contributed by atoms with Crippen LogP contribution >= 0.6 is 0 Å². The maximum absolute atomic E-state index is 5.78. The van der Waals surface area contributed by atoms with E-state index in [9.17, 15) is 0 Å². The SMILES string of the molecule is COCCOc1ccc(N)c(OCC2CC2)n1. The van der Waals surface area contributed by atoms with Gasteiger partial charge in [-0.15, -0.1) is 0 Å². The molecule has 0 bridgehead atoms. The third-order valence-electron chi connectivity index (χ3n) is 2.55. The van der Waals surface area contributed by atoms with E-state index in [0.29, 0.717) is 43.2 Å². The van der Waals surface area contributed by atoms with Crippen molar-refractivity contribution in [3.05, 3.63) is 12.1 Å². The van der Waals surface area contributed by atoms with Crippen molar-refractivity contribution in [1.29, 1.82) is 0 Å². The molecule has 1 aromatic heterocycles. The second-order valence-corrected chi connectivity index (χ2v) is 4.14. The monoisotopic (exact) mass is 238 g/mol. The van der Waals surface area contributed by atoms with E-state index >= 15 is 0 Å². The molecule has 1 heterocycles. The van der Waals surface area contributed by atoms with Crippen molar-refractivity contribution in [3.63, 3.8) is 0 Å². The Morgan fingerprint density at radius 1 is 1.29 bits per heavy atom. The second-order valence-electron chi connectivity index (χ2n) is 4.14. The minimum absolute atomic E-state index is 0.465. The molecule has 1 aromatic rings. The van der Waals surface area contributed by atoms with Gasteiger partial charge < -0.3 is 19.9 Å². The van der Waals surface area contributed by atoms with Crippen molar-refractivity contribution in [2.24, 2.45) is 5.92 Å². The minimum Gasteiger partial charge on any atom is -0.476 e. The molecule has 5 heteroatoms. The molecule has 0 unspecified atom stereocenters. The number of ether oxygens (including phenoxy) is 3. The van der Waals surface area contributed by atoms with Gasteiger partial charge in [-0.05, 0) is 24.8 Å². The number of methoxy groups -OCH3 is 1. The van der Waals surface area contributed by atoms with Crippen LogP contribution < -0.4 is 15.2 Å². The molecule has 1 saturated carbocycles. The first-order chi connectivity index (χ1) is 8.29. The van der Waals surface area contributed by atoms with Crippen molar-refractivity contribution in [3.8, 4) is 11.8 Å². The number of aromatic nitrogens is 1. The van der Waals surface area contributed by atoms with Crippen LogP contribution in [0.1, 0.15) is 12.8 Å². The van der Waals surface area contributed by atoms with Crippen molar-refractivity contribution in [2.45, 2.75) is 12.8 Å². The molecule has 0 aromatic carbocycles. The number of nitrogen functional groups attached to an aromatic ring is 1. The Morgan fingerprint density at radius 2 is 2.12 bits per heavy atom. The van der Waals surface area contributed by atoms with Gasteiger partial charge >= 0.3 is 0 Å². The van der Waals surface area contributed by atoms with Crippen LogP contribution in [0.4, 0.5) is 5.69 Å². The molecule has 0 spiro atoms. The van der Waals surface area contributed by atoms with E-state index in [4.69, 9.17) is 19.9 Å². The highest BCUT2D eigenvalue weighted by Gasteiger charge is 2.22. The lowest BCUT2D eigenvalue weighted by Crippen LogP contribution is -2.08. The van der Waals surface area contributed by atoms with E-state index in [0.717, 1.165) is 0 Å². The Labute approximate surface area is 101 Å². The third kappa shape index (κ3) is 3.78. The lowest BCUT2D eigenvalue weighted by Gasteiger charge is -2.09. The summed E-state index contributed by atoms with van der Waals surface area (Å²) in [5.41, 5.74) is 6.33. The minimum atomic E-state index is 0.465. The van der Waals surface area contributed by atoms with Crippen molar-refractivity contribution in [1.82, 2.24) is 4.98 Å². The van der Waals surface area contributed by atoms with E-state index in [1.54, 1.807) is 19.2 Å². The first-order valence-electron chi connectivity index (χ1n) is 5.80. The molecule has 1 aliphatic rings. The summed E-state index contributed by atoms with van der Waals surface area (Å²) in [5, 5.41) is 0. The molecular weight excluding hydrogens is 220 g/mol. The highest BCUT2D eigenvalue weighted by molar-refractivity contribution is 5.49. The van der Waals surface area contributed by atoms with E-state index in [1.165, 1.54) is 12.8 Å². The molecule has 0 amide bonds. The first kappa shape index (κ1) is 12.0. The number of pyridine rings is 1. The summed E-state index contributed by atoms with van der Waals surface area (Å²) in [7, 11) is 1.63.